The molecule has 10 heteroatoms. The molecule has 34 heavy (non-hydrogen) atoms. The van der Waals surface area contributed by atoms with Crippen LogP contribution in [0, 0.1) is 0 Å². The fourth-order valence-corrected chi connectivity index (χ4v) is 5.59. The number of nitrogens with one attached hydrogen (secondary N) is 1. The molecule has 1 aliphatic heterocycles. The lowest BCUT2D eigenvalue weighted by molar-refractivity contribution is 0.312. The highest BCUT2D eigenvalue weighted by Crippen LogP contribution is 2.38. The molecule has 1 aromatic heterocycles. The highest BCUT2D eigenvalue weighted by molar-refractivity contribution is 7.92. The third-order valence-corrected chi connectivity index (χ3v) is 7.83. The van der Waals surface area contributed by atoms with Crippen LogP contribution in [0.2, 0.25) is 0 Å². The van der Waals surface area contributed by atoms with Crippen LogP contribution in [0.25, 0.3) is 11.3 Å². The molecule has 5 rings (SSSR count). The molecule has 2 aliphatic rings. The van der Waals surface area contributed by atoms with Crippen molar-refractivity contribution in [1.82, 2.24) is 14.9 Å². The second-order valence-electron chi connectivity index (χ2n) is 8.68. The van der Waals surface area contributed by atoms with Gasteiger partial charge in [-0.25, -0.2) is 13.4 Å². The summed E-state index contributed by atoms with van der Waals surface area (Å²) in [6.07, 6.45) is 1.55. The third-order valence-electron chi connectivity index (χ3n) is 6.43. The number of aromatic nitrogens is 2. The number of benzene rings is 2. The van der Waals surface area contributed by atoms with Gasteiger partial charge in [-0.2, -0.15) is 4.98 Å². The van der Waals surface area contributed by atoms with E-state index >= 15 is 0 Å². The predicted octanol–water partition coefficient (Wildman–Crippen LogP) is 2.39. The zero-order valence-corrected chi connectivity index (χ0v) is 20.1. The van der Waals surface area contributed by atoms with Gasteiger partial charge in [0, 0.05) is 43.0 Å². The maximum Gasteiger partial charge on any atom is 0.261 e. The molecule has 0 bridgehead atoms. The molecule has 1 fully saturated rings. The summed E-state index contributed by atoms with van der Waals surface area (Å²) in [4.78, 5) is 13.9. The first kappa shape index (κ1) is 22.4. The minimum atomic E-state index is -3.72. The number of piperazine rings is 1. The minimum absolute atomic E-state index is 0.175. The largest absolute Gasteiger partial charge is 0.497 e. The lowest BCUT2D eigenvalue weighted by Gasteiger charge is -2.35. The van der Waals surface area contributed by atoms with E-state index in [1.54, 1.807) is 25.3 Å². The van der Waals surface area contributed by atoms with Crippen LogP contribution in [0.15, 0.2) is 47.4 Å². The van der Waals surface area contributed by atoms with Crippen molar-refractivity contribution in [2.75, 3.05) is 55.7 Å². The summed E-state index contributed by atoms with van der Waals surface area (Å²) in [5, 5.41) is 0. The monoisotopic (exact) mass is 480 g/mol. The van der Waals surface area contributed by atoms with E-state index in [2.05, 4.69) is 31.5 Å². The van der Waals surface area contributed by atoms with E-state index in [0.717, 1.165) is 67.2 Å². The Bertz CT molecular complexity index is 1320. The Kier molecular flexibility index (Phi) is 5.78. The van der Waals surface area contributed by atoms with Crippen molar-refractivity contribution in [3.05, 3.63) is 53.6 Å². The standard InChI is InChI=1S/C24H28N6O3S/c1-29-11-13-30(14-12-29)23-21-9-3-16-15-17(4-10-20(16)22(21)26-24(25)27-23)28-34(31,32)19-7-5-18(33-2)6-8-19/h4-8,10,15,28H,3,9,11-14H2,1-2H3,(H2,25,26,27). The van der Waals surface area contributed by atoms with Crippen LogP contribution in [0.1, 0.15) is 11.1 Å². The number of ether oxygens (including phenoxy) is 1. The number of anilines is 3. The van der Waals surface area contributed by atoms with Gasteiger partial charge >= 0.3 is 0 Å². The highest BCUT2D eigenvalue weighted by atomic mass is 32.2. The molecule has 178 valence electrons. The average molecular weight is 481 g/mol. The summed E-state index contributed by atoms with van der Waals surface area (Å²) < 4.78 is 33.5. The molecule has 0 unspecified atom stereocenters. The van der Waals surface area contributed by atoms with Gasteiger partial charge in [-0.15, -0.1) is 0 Å². The molecular weight excluding hydrogens is 452 g/mol. The number of hydrogen-bond acceptors (Lipinski definition) is 8. The Morgan fingerprint density at radius 3 is 2.44 bits per heavy atom. The van der Waals surface area contributed by atoms with Gasteiger partial charge in [0.2, 0.25) is 5.95 Å². The molecule has 1 saturated heterocycles. The first-order valence-corrected chi connectivity index (χ1v) is 12.7. The lowest BCUT2D eigenvalue weighted by atomic mass is 9.88. The smallest absolute Gasteiger partial charge is 0.261 e. The molecule has 2 heterocycles. The van der Waals surface area contributed by atoms with E-state index in [0.29, 0.717) is 11.4 Å². The van der Waals surface area contributed by atoms with E-state index in [4.69, 9.17) is 10.5 Å². The van der Waals surface area contributed by atoms with Gasteiger partial charge in [-0.05, 0) is 61.9 Å². The highest BCUT2D eigenvalue weighted by Gasteiger charge is 2.27. The number of likely N-dealkylation sites (N-methyl/N-ethyl adjacent to an activating group) is 1. The van der Waals surface area contributed by atoms with Crippen molar-refractivity contribution >= 4 is 27.5 Å². The summed E-state index contributed by atoms with van der Waals surface area (Å²) >= 11 is 0. The van der Waals surface area contributed by atoms with Gasteiger partial charge in [-0.3, -0.25) is 4.72 Å². The van der Waals surface area contributed by atoms with Gasteiger partial charge in [0.1, 0.15) is 11.6 Å². The number of nitrogens with zero attached hydrogens (tertiary/aromatic N) is 4. The first-order chi connectivity index (χ1) is 16.3. The van der Waals surface area contributed by atoms with E-state index in [1.807, 2.05) is 12.1 Å². The van der Waals surface area contributed by atoms with Crippen LogP contribution < -0.4 is 20.1 Å². The van der Waals surface area contributed by atoms with Crippen molar-refractivity contribution in [1.29, 1.82) is 0 Å². The molecule has 3 aromatic rings. The molecule has 0 atom stereocenters. The van der Waals surface area contributed by atoms with Crippen LogP contribution in [-0.4, -0.2) is 63.6 Å². The van der Waals surface area contributed by atoms with E-state index in [1.165, 1.54) is 12.1 Å². The number of nitrogen functional groups attached to an aromatic ring is 1. The SMILES string of the molecule is COc1ccc(S(=O)(=O)Nc2ccc3c(c2)CCc2c-3nc(N)nc2N2CCN(C)CC2)cc1. The van der Waals surface area contributed by atoms with Crippen LogP contribution in [-0.2, 0) is 22.9 Å². The zero-order chi connectivity index (χ0) is 23.9. The van der Waals surface area contributed by atoms with Crippen LogP contribution in [0.3, 0.4) is 0 Å². The number of fused-ring (bicyclic) bond motifs is 3. The number of nitrogens with two attached hydrogens (primary N) is 1. The average Bonchev–Trinajstić information content (AvgIpc) is 2.83. The summed E-state index contributed by atoms with van der Waals surface area (Å²) in [6.45, 7) is 3.76. The number of rotatable bonds is 5. The minimum Gasteiger partial charge on any atom is -0.497 e. The van der Waals surface area contributed by atoms with Crippen molar-refractivity contribution in [3.63, 3.8) is 0 Å². The zero-order valence-electron chi connectivity index (χ0n) is 19.3. The second-order valence-corrected chi connectivity index (χ2v) is 10.4. The Morgan fingerprint density at radius 1 is 1.00 bits per heavy atom. The van der Waals surface area contributed by atoms with Crippen molar-refractivity contribution in [2.45, 2.75) is 17.7 Å². The summed E-state index contributed by atoms with van der Waals surface area (Å²) in [7, 11) is -0.0555. The first-order valence-electron chi connectivity index (χ1n) is 11.2. The Labute approximate surface area is 199 Å². The lowest BCUT2D eigenvalue weighted by Crippen LogP contribution is -2.45. The molecule has 0 saturated carbocycles. The van der Waals surface area contributed by atoms with Gasteiger partial charge in [0.25, 0.3) is 10.0 Å². The molecule has 0 amide bonds. The van der Waals surface area contributed by atoms with E-state index in [9.17, 15) is 8.42 Å². The van der Waals surface area contributed by atoms with Crippen LogP contribution in [0.5, 0.6) is 5.75 Å². The maximum atomic E-state index is 12.9. The van der Waals surface area contributed by atoms with Gasteiger partial charge in [-0.1, -0.05) is 6.07 Å². The molecule has 0 spiro atoms. The molecule has 1 aliphatic carbocycles. The van der Waals surface area contributed by atoms with E-state index < -0.39 is 10.0 Å². The molecule has 3 N–H and O–H groups in total. The molecule has 2 aromatic carbocycles. The molecule has 0 radical (unpaired) electrons. The van der Waals surface area contributed by atoms with Crippen molar-refractivity contribution in [3.8, 4) is 17.0 Å². The Morgan fingerprint density at radius 2 is 1.74 bits per heavy atom. The fourth-order valence-electron chi connectivity index (χ4n) is 4.55. The van der Waals surface area contributed by atoms with Gasteiger partial charge in [0.05, 0.1) is 17.7 Å². The van der Waals surface area contributed by atoms with Crippen LogP contribution >= 0.6 is 0 Å². The van der Waals surface area contributed by atoms with Crippen molar-refractivity contribution < 1.29 is 13.2 Å². The second kappa shape index (κ2) is 8.77. The molecule has 9 nitrogen and oxygen atoms in total. The summed E-state index contributed by atoms with van der Waals surface area (Å²) in [5.41, 5.74) is 10.6. The summed E-state index contributed by atoms with van der Waals surface area (Å²) in [5.74, 6) is 1.78. The van der Waals surface area contributed by atoms with E-state index in [-0.39, 0.29) is 10.8 Å². The topological polar surface area (TPSA) is 114 Å². The molecular formula is C24H28N6O3S. The van der Waals surface area contributed by atoms with Gasteiger partial charge in [0.15, 0.2) is 0 Å². The number of hydrogen-bond donors (Lipinski definition) is 2. The van der Waals surface area contributed by atoms with Crippen LogP contribution in [0.4, 0.5) is 17.5 Å². The normalized spacial score (nSPS) is 16.0. The van der Waals surface area contributed by atoms with Gasteiger partial charge < -0.3 is 20.3 Å². The Balaban J connectivity index is 1.44. The number of sulfonamides is 1. The Hall–Kier alpha value is -3.37. The number of methoxy groups -OCH3 is 1. The van der Waals surface area contributed by atoms with Crippen molar-refractivity contribution in [2.24, 2.45) is 0 Å². The fraction of sp³-hybridized carbons (Fsp3) is 0.333. The quantitative estimate of drug-likeness (QED) is 0.572. The number of aryl methyl sites for hydroxylation is 1. The summed E-state index contributed by atoms with van der Waals surface area (Å²) in [6, 6.07) is 11.9. The maximum absolute atomic E-state index is 12.9. The predicted molar refractivity (Wildman–Crippen MR) is 133 cm³/mol. The third kappa shape index (κ3) is 4.26.